The molecule has 1 N–H and O–H groups in total. The molecule has 29 heavy (non-hydrogen) atoms. The number of carbonyl (C=O) groups is 2. The van der Waals surface area contributed by atoms with Gasteiger partial charge in [-0.15, -0.1) is 0 Å². The van der Waals surface area contributed by atoms with E-state index >= 15 is 0 Å². The highest BCUT2D eigenvalue weighted by atomic mass is 19.1. The molecule has 3 aromatic rings. The molecule has 1 unspecified atom stereocenters. The van der Waals surface area contributed by atoms with Gasteiger partial charge in [0.25, 0.3) is 11.5 Å². The molecule has 1 heterocycles. The van der Waals surface area contributed by atoms with Gasteiger partial charge in [-0.1, -0.05) is 30.3 Å². The van der Waals surface area contributed by atoms with Crippen LogP contribution in [0, 0.1) is 5.82 Å². The number of aryl methyl sites for hydroxylation is 1. The lowest BCUT2D eigenvalue weighted by atomic mass is 10.0. The molecule has 0 saturated carbocycles. The highest BCUT2D eigenvalue weighted by molar-refractivity contribution is 6.05. The highest BCUT2D eigenvalue weighted by Crippen LogP contribution is 2.20. The molecule has 0 bridgehead atoms. The number of ether oxygens (including phenoxy) is 1. The summed E-state index contributed by atoms with van der Waals surface area (Å²) in [6.07, 6.45) is -0.140. The maximum Gasteiger partial charge on any atom is 0.307 e. The summed E-state index contributed by atoms with van der Waals surface area (Å²) in [5.41, 5.74) is 0.321. The fourth-order valence-electron chi connectivity index (χ4n) is 3.04. The van der Waals surface area contributed by atoms with Crippen molar-refractivity contribution in [3.63, 3.8) is 0 Å². The summed E-state index contributed by atoms with van der Waals surface area (Å²) in [5.74, 6) is -1.52. The van der Waals surface area contributed by atoms with Crippen molar-refractivity contribution in [1.82, 2.24) is 15.1 Å². The number of carbonyl (C=O) groups excluding carboxylic acids is 2. The molecule has 0 aliphatic rings. The Bertz CT molecular complexity index is 1110. The summed E-state index contributed by atoms with van der Waals surface area (Å²) in [6, 6.07) is 11.4. The Balaban J connectivity index is 2.01. The molecule has 0 saturated heterocycles. The Labute approximate surface area is 166 Å². The number of nitrogens with one attached hydrogen (secondary N) is 1. The lowest BCUT2D eigenvalue weighted by Gasteiger charge is -2.19. The van der Waals surface area contributed by atoms with Gasteiger partial charge in [-0.3, -0.25) is 14.4 Å². The van der Waals surface area contributed by atoms with E-state index in [-0.39, 0.29) is 17.7 Å². The van der Waals surface area contributed by atoms with E-state index in [1.807, 2.05) is 0 Å². The molecule has 1 atom stereocenters. The smallest absolute Gasteiger partial charge is 0.307 e. The topological polar surface area (TPSA) is 90.3 Å². The van der Waals surface area contributed by atoms with Crippen molar-refractivity contribution >= 4 is 22.6 Å². The summed E-state index contributed by atoms with van der Waals surface area (Å²) in [5, 5.41) is 7.74. The summed E-state index contributed by atoms with van der Waals surface area (Å²) in [4.78, 5) is 37.3. The second-order valence-electron chi connectivity index (χ2n) is 6.37. The van der Waals surface area contributed by atoms with Crippen LogP contribution in [-0.4, -0.2) is 28.8 Å². The van der Waals surface area contributed by atoms with Crippen molar-refractivity contribution in [3.05, 3.63) is 76.0 Å². The van der Waals surface area contributed by atoms with E-state index in [9.17, 15) is 18.8 Å². The zero-order valence-corrected chi connectivity index (χ0v) is 16.0. The summed E-state index contributed by atoms with van der Waals surface area (Å²) in [7, 11) is 1.25. The molecular weight excluding hydrogens is 377 g/mol. The van der Waals surface area contributed by atoms with E-state index in [1.165, 1.54) is 36.1 Å². The fraction of sp³-hybridized carbons (Fsp3) is 0.238. The van der Waals surface area contributed by atoms with Crippen molar-refractivity contribution in [2.75, 3.05) is 7.11 Å². The van der Waals surface area contributed by atoms with E-state index in [0.29, 0.717) is 22.9 Å². The van der Waals surface area contributed by atoms with Gasteiger partial charge in [-0.25, -0.2) is 9.07 Å². The molecular formula is C21H20FN3O4. The molecule has 3 rings (SSSR count). The standard InChI is InChI=1S/C21H20FN3O4/c1-3-25-21(28)16-7-5-4-6-15(16)19(24-25)20(27)23-17(12-18(26)29-2)13-8-10-14(22)11-9-13/h4-11,17H,3,12H2,1-2H3,(H,23,27). The number of hydrogen-bond acceptors (Lipinski definition) is 5. The number of rotatable bonds is 6. The van der Waals surface area contributed by atoms with Crippen LogP contribution in [0.2, 0.25) is 0 Å². The molecule has 0 radical (unpaired) electrons. The maximum atomic E-state index is 13.3. The number of benzene rings is 2. The van der Waals surface area contributed by atoms with Gasteiger partial charge in [0.2, 0.25) is 0 Å². The van der Waals surface area contributed by atoms with Gasteiger partial charge in [-0.05, 0) is 30.7 Å². The van der Waals surface area contributed by atoms with Crippen LogP contribution in [0.4, 0.5) is 4.39 Å². The fourth-order valence-corrected chi connectivity index (χ4v) is 3.04. The number of aromatic nitrogens is 2. The molecule has 0 aliphatic heterocycles. The normalized spacial score (nSPS) is 11.8. The van der Waals surface area contributed by atoms with Crippen LogP contribution < -0.4 is 10.9 Å². The van der Waals surface area contributed by atoms with Gasteiger partial charge < -0.3 is 10.1 Å². The van der Waals surface area contributed by atoms with Crippen LogP contribution in [0.3, 0.4) is 0 Å². The first kappa shape index (κ1) is 20.2. The predicted molar refractivity (Wildman–Crippen MR) is 105 cm³/mol. The average molecular weight is 397 g/mol. The number of nitrogens with zero attached hydrogens (tertiary/aromatic N) is 2. The average Bonchev–Trinajstić information content (AvgIpc) is 2.74. The van der Waals surface area contributed by atoms with Gasteiger partial charge >= 0.3 is 5.97 Å². The van der Waals surface area contributed by atoms with Crippen molar-refractivity contribution in [2.24, 2.45) is 0 Å². The lowest BCUT2D eigenvalue weighted by molar-refractivity contribution is -0.141. The van der Waals surface area contributed by atoms with E-state index in [2.05, 4.69) is 10.4 Å². The Hall–Kier alpha value is -3.55. The quantitative estimate of drug-likeness (QED) is 0.646. The third-order valence-electron chi connectivity index (χ3n) is 4.56. The maximum absolute atomic E-state index is 13.3. The largest absolute Gasteiger partial charge is 0.469 e. The van der Waals surface area contributed by atoms with E-state index < -0.39 is 23.7 Å². The van der Waals surface area contributed by atoms with Crippen LogP contribution in [0.5, 0.6) is 0 Å². The van der Waals surface area contributed by atoms with Crippen LogP contribution in [0.15, 0.2) is 53.3 Å². The first-order chi connectivity index (χ1) is 13.9. The monoisotopic (exact) mass is 397 g/mol. The number of fused-ring (bicyclic) bond motifs is 1. The zero-order chi connectivity index (χ0) is 21.0. The van der Waals surface area contributed by atoms with Crippen LogP contribution in [-0.2, 0) is 16.1 Å². The second-order valence-corrected chi connectivity index (χ2v) is 6.37. The van der Waals surface area contributed by atoms with Crippen LogP contribution in [0.1, 0.15) is 35.4 Å². The molecule has 1 amide bonds. The number of amides is 1. The molecule has 150 valence electrons. The van der Waals surface area contributed by atoms with Crippen molar-refractivity contribution in [2.45, 2.75) is 25.9 Å². The second kappa shape index (κ2) is 8.64. The molecule has 7 nitrogen and oxygen atoms in total. The number of esters is 1. The van der Waals surface area contributed by atoms with Gasteiger partial charge in [0.05, 0.1) is 25.0 Å². The van der Waals surface area contributed by atoms with Gasteiger partial charge in [0, 0.05) is 11.9 Å². The molecule has 2 aromatic carbocycles. The summed E-state index contributed by atoms with van der Waals surface area (Å²) < 4.78 is 19.2. The summed E-state index contributed by atoms with van der Waals surface area (Å²) in [6.45, 7) is 2.05. The third kappa shape index (κ3) is 4.31. The van der Waals surface area contributed by atoms with Crippen molar-refractivity contribution in [3.8, 4) is 0 Å². The number of halogens is 1. The van der Waals surface area contributed by atoms with Crippen LogP contribution in [0.25, 0.3) is 10.8 Å². The molecule has 0 fully saturated rings. The third-order valence-corrected chi connectivity index (χ3v) is 4.56. The Kier molecular flexibility index (Phi) is 6.01. The Morgan fingerprint density at radius 3 is 2.41 bits per heavy atom. The van der Waals surface area contributed by atoms with Crippen molar-refractivity contribution in [1.29, 1.82) is 0 Å². The Morgan fingerprint density at radius 1 is 1.14 bits per heavy atom. The van der Waals surface area contributed by atoms with E-state index in [4.69, 9.17) is 4.74 Å². The minimum Gasteiger partial charge on any atom is -0.469 e. The first-order valence-electron chi connectivity index (χ1n) is 9.07. The molecule has 0 aliphatic carbocycles. The number of methoxy groups -OCH3 is 1. The highest BCUT2D eigenvalue weighted by Gasteiger charge is 2.23. The summed E-state index contributed by atoms with van der Waals surface area (Å²) >= 11 is 0. The number of hydrogen-bond donors (Lipinski definition) is 1. The molecule has 1 aromatic heterocycles. The van der Waals surface area contributed by atoms with E-state index in [0.717, 1.165) is 0 Å². The minimum absolute atomic E-state index is 0.0685. The zero-order valence-electron chi connectivity index (χ0n) is 16.0. The van der Waals surface area contributed by atoms with Gasteiger partial charge in [0.15, 0.2) is 5.69 Å². The first-order valence-corrected chi connectivity index (χ1v) is 9.07. The van der Waals surface area contributed by atoms with Gasteiger partial charge in [-0.2, -0.15) is 5.10 Å². The molecule has 0 spiro atoms. The minimum atomic E-state index is -0.752. The van der Waals surface area contributed by atoms with Gasteiger partial charge in [0.1, 0.15) is 5.82 Å². The van der Waals surface area contributed by atoms with E-state index in [1.54, 1.807) is 31.2 Å². The SMILES string of the molecule is CCn1nc(C(=O)NC(CC(=O)OC)c2ccc(F)cc2)c2ccccc2c1=O. The van der Waals surface area contributed by atoms with Crippen molar-refractivity contribution < 1.29 is 18.7 Å². The Morgan fingerprint density at radius 2 is 1.79 bits per heavy atom. The lowest BCUT2D eigenvalue weighted by Crippen LogP contribution is -2.34. The molecule has 8 heteroatoms. The predicted octanol–water partition coefficient (Wildman–Crippen LogP) is 2.59. The van der Waals surface area contributed by atoms with Crippen LogP contribution >= 0.6 is 0 Å².